The second-order valence-electron chi connectivity index (χ2n) is 9.55. The van der Waals surface area contributed by atoms with Crippen LogP contribution in [0.2, 0.25) is 3.98 Å². The zero-order chi connectivity index (χ0) is 25.0. The van der Waals surface area contributed by atoms with Gasteiger partial charge in [-0.05, 0) is 18.1 Å². The summed E-state index contributed by atoms with van der Waals surface area (Å²) in [6.45, 7) is 2.48. The van der Waals surface area contributed by atoms with Crippen molar-refractivity contribution in [2.45, 2.75) is 73.9 Å². The standard InChI is InChI=1S/C27H31N2O5.Tl/c1-3-4-5-6-7-8-16-34-27(2)15-14-18-10-9-11-19-23(18)20(17-27)26(33)29(25(19)32)21-12-13-22(30)28-24(21)31;/h9-11,14-15,17,21H,1,3-8,12-13,16H2,2H3,(H,28,30,31);. The van der Waals surface area contributed by atoms with E-state index < -0.39 is 35.3 Å². The molecule has 0 aromatic heterocycles. The van der Waals surface area contributed by atoms with Gasteiger partial charge < -0.3 is 0 Å². The minimum Gasteiger partial charge on any atom is -0.295 e. The molecule has 1 saturated heterocycles. The second kappa shape index (κ2) is 11.3. The smallest absolute Gasteiger partial charge is 0.262 e. The molecule has 1 fully saturated rings. The summed E-state index contributed by atoms with van der Waals surface area (Å²) >= 11 is 1.10. The van der Waals surface area contributed by atoms with Crippen molar-refractivity contribution in [3.8, 4) is 0 Å². The number of imide groups is 2. The summed E-state index contributed by atoms with van der Waals surface area (Å²) in [5.74, 6) is -2.04. The Balaban J connectivity index is 1.56. The third kappa shape index (κ3) is 5.66. The first-order chi connectivity index (χ1) is 16.8. The fourth-order valence-corrected chi connectivity index (χ4v) is 6.04. The van der Waals surface area contributed by atoms with Crippen molar-refractivity contribution in [2.24, 2.45) is 0 Å². The van der Waals surface area contributed by atoms with Crippen LogP contribution in [0.3, 0.4) is 0 Å². The topological polar surface area (TPSA) is 92.8 Å². The van der Waals surface area contributed by atoms with Crippen molar-refractivity contribution < 1.29 is 23.9 Å². The number of carbonyl (C=O) groups excluding carboxylic acids is 4. The first kappa shape index (κ1) is 25.9. The molecule has 2 atom stereocenters. The molecule has 1 aromatic carbocycles. The van der Waals surface area contributed by atoms with Crippen LogP contribution in [0.25, 0.3) is 11.6 Å². The third-order valence-electron chi connectivity index (χ3n) is 6.82. The molecule has 1 aromatic rings. The van der Waals surface area contributed by atoms with Crippen molar-refractivity contribution >= 4 is 61.0 Å². The Bertz CT molecular complexity index is 1100. The maximum absolute atomic E-state index is 13.7. The normalized spacial score (nSPS) is 23.6. The molecule has 8 heteroatoms. The maximum atomic E-state index is 13.7. The van der Waals surface area contributed by atoms with Gasteiger partial charge >= 0.3 is 116 Å². The zero-order valence-corrected chi connectivity index (χ0v) is 24.7. The summed E-state index contributed by atoms with van der Waals surface area (Å²) in [6, 6.07) is 4.32. The van der Waals surface area contributed by atoms with Crippen molar-refractivity contribution in [1.82, 2.24) is 10.2 Å². The molecule has 4 rings (SSSR count). The number of unbranched alkanes of at least 4 members (excludes halogenated alkanes) is 5. The average Bonchev–Trinajstić information content (AvgIpc) is 2.98. The van der Waals surface area contributed by atoms with Crippen LogP contribution in [0, 0.1) is 0 Å². The molecular formula is C27H31N2O5Tl. The number of amides is 4. The number of hydrogen-bond acceptors (Lipinski definition) is 5. The van der Waals surface area contributed by atoms with E-state index in [9.17, 15) is 19.2 Å². The summed E-state index contributed by atoms with van der Waals surface area (Å²) in [7, 11) is 0. The second-order valence-corrected chi connectivity index (χ2v) is 11.8. The SMILES string of the molecule is CC1(OCCCCCCC[CH2][Tl])C=Cc2cccc3c2C(=C1)C(=O)N(C1CCC(=O)NC1=O)C3=O. The first-order valence-corrected chi connectivity index (χ1v) is 15.6. The molecule has 7 nitrogen and oxygen atoms in total. The van der Waals surface area contributed by atoms with E-state index >= 15 is 0 Å². The summed E-state index contributed by atoms with van der Waals surface area (Å²) in [6.07, 6.45) is 13.0. The number of rotatable bonds is 10. The molecule has 35 heavy (non-hydrogen) atoms. The van der Waals surface area contributed by atoms with Crippen LogP contribution in [0.15, 0.2) is 30.4 Å². The van der Waals surface area contributed by atoms with Crippen LogP contribution in [0.1, 0.15) is 79.8 Å². The van der Waals surface area contributed by atoms with Crippen LogP contribution >= 0.6 is 0 Å². The van der Waals surface area contributed by atoms with Gasteiger partial charge in [0.2, 0.25) is 11.8 Å². The minimum atomic E-state index is -1.01. The van der Waals surface area contributed by atoms with Gasteiger partial charge in [0, 0.05) is 17.5 Å². The van der Waals surface area contributed by atoms with E-state index in [1.807, 2.05) is 25.1 Å². The van der Waals surface area contributed by atoms with E-state index in [0.29, 0.717) is 23.3 Å². The van der Waals surface area contributed by atoms with Gasteiger partial charge in [0.25, 0.3) is 11.8 Å². The van der Waals surface area contributed by atoms with E-state index in [1.165, 1.54) is 29.7 Å². The Kier molecular flexibility index (Phi) is 8.36. The predicted molar refractivity (Wildman–Crippen MR) is 133 cm³/mol. The van der Waals surface area contributed by atoms with Gasteiger partial charge in [-0.25, -0.2) is 0 Å². The summed E-state index contributed by atoms with van der Waals surface area (Å²) in [5.41, 5.74) is 1.25. The Morgan fingerprint density at radius 3 is 2.54 bits per heavy atom. The molecule has 0 bridgehead atoms. The van der Waals surface area contributed by atoms with Crippen molar-refractivity contribution in [1.29, 1.82) is 0 Å². The Hall–Kier alpha value is -2.14. The van der Waals surface area contributed by atoms with E-state index in [-0.39, 0.29) is 12.8 Å². The molecule has 3 aliphatic rings. The van der Waals surface area contributed by atoms with Crippen LogP contribution in [-0.4, -0.2) is 72.5 Å². The van der Waals surface area contributed by atoms with Gasteiger partial charge in [-0.1, -0.05) is 12.1 Å². The molecule has 1 aliphatic carbocycles. The third-order valence-corrected chi connectivity index (χ3v) is 8.41. The van der Waals surface area contributed by atoms with Gasteiger partial charge in [-0.2, -0.15) is 0 Å². The van der Waals surface area contributed by atoms with E-state index in [2.05, 4.69) is 5.32 Å². The molecule has 2 unspecified atom stereocenters. The van der Waals surface area contributed by atoms with Gasteiger partial charge in [-0.3, -0.25) is 29.4 Å². The molecule has 0 saturated carbocycles. The van der Waals surface area contributed by atoms with Crippen molar-refractivity contribution in [3.63, 3.8) is 0 Å². The molecule has 2 heterocycles. The van der Waals surface area contributed by atoms with E-state index in [0.717, 1.165) is 49.1 Å². The van der Waals surface area contributed by atoms with Crippen molar-refractivity contribution in [2.75, 3.05) is 6.61 Å². The largest absolute Gasteiger partial charge is 0.295 e. The fraction of sp³-hybridized carbons (Fsp3) is 0.481. The number of hydrogen-bond donors (Lipinski definition) is 1. The minimum absolute atomic E-state index is 0.0856. The number of carbonyl (C=O) groups is 4. The van der Waals surface area contributed by atoms with E-state index in [4.69, 9.17) is 4.74 Å². The van der Waals surface area contributed by atoms with Crippen LogP contribution in [0.5, 0.6) is 0 Å². The first-order valence-electron chi connectivity index (χ1n) is 12.5. The van der Waals surface area contributed by atoms with Gasteiger partial charge in [0.05, 0.1) is 0 Å². The van der Waals surface area contributed by atoms with Crippen molar-refractivity contribution in [3.05, 3.63) is 47.0 Å². The maximum Gasteiger partial charge on any atom is 0.262 e. The van der Waals surface area contributed by atoms with Crippen LogP contribution in [0.4, 0.5) is 0 Å². The Morgan fingerprint density at radius 2 is 1.80 bits per heavy atom. The molecule has 1 N–H and O–H groups in total. The number of ether oxygens (including phenoxy) is 1. The van der Waals surface area contributed by atoms with E-state index in [1.54, 1.807) is 18.2 Å². The molecule has 182 valence electrons. The molecule has 0 radical (unpaired) electrons. The molecular weight excluding hydrogens is 637 g/mol. The molecule has 4 amide bonds. The Labute approximate surface area is 222 Å². The fourth-order valence-electron chi connectivity index (χ4n) is 4.92. The molecule has 0 spiro atoms. The van der Waals surface area contributed by atoms with Gasteiger partial charge in [0.15, 0.2) is 0 Å². The predicted octanol–water partition coefficient (Wildman–Crippen LogP) is 3.59. The summed E-state index contributed by atoms with van der Waals surface area (Å²) in [5, 5.41) is 2.26. The zero-order valence-electron chi connectivity index (χ0n) is 20.2. The van der Waals surface area contributed by atoms with Crippen LogP contribution in [-0.2, 0) is 19.1 Å². The number of nitrogens with one attached hydrogen (secondary N) is 1. The Morgan fingerprint density at radius 1 is 1.06 bits per heavy atom. The molecule has 2 aliphatic heterocycles. The summed E-state index contributed by atoms with van der Waals surface area (Å²) < 4.78 is 7.66. The number of nitrogens with zero attached hydrogens (tertiary/aromatic N) is 1. The van der Waals surface area contributed by atoms with Crippen LogP contribution < -0.4 is 5.32 Å². The average molecular weight is 668 g/mol. The van der Waals surface area contributed by atoms with Gasteiger partial charge in [0.1, 0.15) is 6.04 Å². The summed E-state index contributed by atoms with van der Waals surface area (Å²) in [4.78, 5) is 52.2. The monoisotopic (exact) mass is 668 g/mol. The number of piperidine rings is 1. The number of benzene rings is 1. The van der Waals surface area contributed by atoms with Gasteiger partial charge in [-0.15, -0.1) is 0 Å². The quantitative estimate of drug-likeness (QED) is 0.234.